The van der Waals surface area contributed by atoms with E-state index in [0.29, 0.717) is 6.42 Å². The van der Waals surface area contributed by atoms with Crippen molar-refractivity contribution in [1.29, 1.82) is 0 Å². The molecule has 2 aromatic rings. The van der Waals surface area contributed by atoms with E-state index in [9.17, 15) is 4.79 Å². The van der Waals surface area contributed by atoms with E-state index in [0.717, 1.165) is 11.1 Å². The fourth-order valence-corrected chi connectivity index (χ4v) is 2.83. The van der Waals surface area contributed by atoms with Crippen LogP contribution in [0.1, 0.15) is 24.5 Å². The van der Waals surface area contributed by atoms with E-state index in [1.54, 1.807) is 0 Å². The van der Waals surface area contributed by atoms with Gasteiger partial charge in [0.15, 0.2) is 0 Å². The quantitative estimate of drug-likeness (QED) is 0.822. The second-order valence-corrected chi connectivity index (χ2v) is 4.70. The lowest BCUT2D eigenvalue weighted by atomic mass is 9.73. The van der Waals surface area contributed by atoms with Crippen LogP contribution in [0.4, 0.5) is 0 Å². The molecule has 0 aliphatic carbocycles. The van der Waals surface area contributed by atoms with Crippen LogP contribution in [0, 0.1) is 0 Å². The third-order valence-electron chi connectivity index (χ3n) is 3.43. The van der Waals surface area contributed by atoms with Crippen LogP contribution < -0.4 is 0 Å². The minimum Gasteiger partial charge on any atom is -0.286 e. The number of thiol groups is 1. The summed E-state index contributed by atoms with van der Waals surface area (Å²) < 4.78 is 0. The highest BCUT2D eigenvalue weighted by molar-refractivity contribution is 7.96. The lowest BCUT2D eigenvalue weighted by molar-refractivity contribution is -0.114. The highest BCUT2D eigenvalue weighted by Gasteiger charge is 2.37. The molecule has 0 heterocycles. The minimum absolute atomic E-state index is 0.109. The highest BCUT2D eigenvalue weighted by atomic mass is 32.1. The molecule has 1 nitrogen and oxygen atoms in total. The molecule has 0 aliphatic rings. The lowest BCUT2D eigenvalue weighted by Crippen LogP contribution is -2.33. The van der Waals surface area contributed by atoms with Gasteiger partial charge in [-0.15, -0.1) is 12.6 Å². The third-order valence-corrected chi connectivity index (χ3v) is 3.81. The van der Waals surface area contributed by atoms with Gasteiger partial charge in [0, 0.05) is 0 Å². The fraction of sp³-hybridized carbons (Fsp3) is 0.188. The van der Waals surface area contributed by atoms with Crippen molar-refractivity contribution in [3.8, 4) is 0 Å². The molecule has 0 unspecified atom stereocenters. The molecule has 18 heavy (non-hydrogen) atoms. The molecule has 92 valence electrons. The van der Waals surface area contributed by atoms with E-state index in [4.69, 9.17) is 0 Å². The van der Waals surface area contributed by atoms with Crippen molar-refractivity contribution in [2.75, 3.05) is 0 Å². The average molecular weight is 256 g/mol. The van der Waals surface area contributed by atoms with Crippen LogP contribution in [-0.4, -0.2) is 5.12 Å². The van der Waals surface area contributed by atoms with Crippen LogP contribution in [0.2, 0.25) is 0 Å². The van der Waals surface area contributed by atoms with Gasteiger partial charge in [0.25, 0.3) is 0 Å². The second-order valence-electron chi connectivity index (χ2n) is 4.30. The molecule has 0 amide bonds. The zero-order chi connectivity index (χ0) is 13.0. The molecular formula is C16H16OS. The molecule has 0 bridgehead atoms. The van der Waals surface area contributed by atoms with Crippen molar-refractivity contribution in [2.45, 2.75) is 18.8 Å². The van der Waals surface area contributed by atoms with Gasteiger partial charge in [0.2, 0.25) is 5.12 Å². The van der Waals surface area contributed by atoms with Crippen molar-refractivity contribution in [2.24, 2.45) is 0 Å². The summed E-state index contributed by atoms with van der Waals surface area (Å²) in [5.74, 6) is 0. The summed E-state index contributed by atoms with van der Waals surface area (Å²) in [7, 11) is 0. The molecule has 0 aliphatic heterocycles. The molecule has 0 saturated carbocycles. The average Bonchev–Trinajstić information content (AvgIpc) is 2.42. The van der Waals surface area contributed by atoms with Gasteiger partial charge in [0.1, 0.15) is 0 Å². The zero-order valence-electron chi connectivity index (χ0n) is 10.3. The van der Waals surface area contributed by atoms with Gasteiger partial charge in [-0.05, 0) is 17.5 Å². The number of benzene rings is 2. The van der Waals surface area contributed by atoms with Crippen molar-refractivity contribution in [3.05, 3.63) is 71.8 Å². The van der Waals surface area contributed by atoms with Gasteiger partial charge in [-0.3, -0.25) is 4.79 Å². The van der Waals surface area contributed by atoms with Gasteiger partial charge >= 0.3 is 0 Å². The normalized spacial score (nSPS) is 11.2. The Morgan fingerprint density at radius 1 is 0.944 bits per heavy atom. The number of hydrogen-bond donors (Lipinski definition) is 1. The van der Waals surface area contributed by atoms with E-state index < -0.39 is 5.41 Å². The summed E-state index contributed by atoms with van der Waals surface area (Å²) in [5.41, 5.74) is 1.35. The Morgan fingerprint density at radius 2 is 1.33 bits per heavy atom. The van der Waals surface area contributed by atoms with E-state index in [1.165, 1.54) is 0 Å². The molecule has 2 aromatic carbocycles. The van der Waals surface area contributed by atoms with Crippen LogP contribution in [0.15, 0.2) is 60.7 Å². The maximum Gasteiger partial charge on any atom is 0.200 e. The molecule has 0 saturated heterocycles. The zero-order valence-corrected chi connectivity index (χ0v) is 11.2. The lowest BCUT2D eigenvalue weighted by Gasteiger charge is -2.30. The molecule has 0 aromatic heterocycles. The smallest absolute Gasteiger partial charge is 0.200 e. The van der Waals surface area contributed by atoms with Crippen LogP contribution in [0.5, 0.6) is 0 Å². The van der Waals surface area contributed by atoms with Crippen LogP contribution in [-0.2, 0) is 10.2 Å². The van der Waals surface area contributed by atoms with Gasteiger partial charge in [-0.25, -0.2) is 0 Å². The van der Waals surface area contributed by atoms with Crippen LogP contribution in [0.25, 0.3) is 0 Å². The van der Waals surface area contributed by atoms with Gasteiger partial charge < -0.3 is 0 Å². The van der Waals surface area contributed by atoms with Crippen molar-refractivity contribution >= 4 is 17.7 Å². The molecule has 0 spiro atoms. The Labute approximate surface area is 113 Å². The first-order valence-electron chi connectivity index (χ1n) is 6.06. The predicted molar refractivity (Wildman–Crippen MR) is 77.9 cm³/mol. The SMILES string of the molecule is CCC(C(=O)S)(c1ccccc1)c1ccccc1. The van der Waals surface area contributed by atoms with Crippen molar-refractivity contribution in [1.82, 2.24) is 0 Å². The molecule has 0 N–H and O–H groups in total. The fourth-order valence-electron chi connectivity index (χ4n) is 2.42. The first kappa shape index (κ1) is 12.9. The predicted octanol–water partition coefficient (Wildman–Crippen LogP) is 3.84. The molecule has 2 heteroatoms. The summed E-state index contributed by atoms with van der Waals surface area (Å²) in [6, 6.07) is 19.7. The molecular weight excluding hydrogens is 240 g/mol. The molecule has 2 rings (SSSR count). The third kappa shape index (κ3) is 2.08. The van der Waals surface area contributed by atoms with Gasteiger partial charge in [0.05, 0.1) is 5.41 Å². The summed E-state index contributed by atoms with van der Waals surface area (Å²) in [6.45, 7) is 2.02. The number of rotatable bonds is 4. The molecule has 0 radical (unpaired) electrons. The Bertz CT molecular complexity index is 480. The summed E-state index contributed by atoms with van der Waals surface area (Å²) in [4.78, 5) is 12.2. The summed E-state index contributed by atoms with van der Waals surface area (Å²) >= 11 is 4.14. The summed E-state index contributed by atoms with van der Waals surface area (Å²) in [5, 5.41) is -0.109. The van der Waals surface area contributed by atoms with Gasteiger partial charge in [-0.2, -0.15) is 0 Å². The number of hydrogen-bond acceptors (Lipinski definition) is 1. The maximum atomic E-state index is 12.2. The Kier molecular flexibility index (Phi) is 3.87. The van der Waals surface area contributed by atoms with E-state index in [2.05, 4.69) is 12.6 Å². The summed E-state index contributed by atoms with van der Waals surface area (Å²) in [6.07, 6.45) is 0.698. The second kappa shape index (κ2) is 5.40. The number of carbonyl (C=O) groups excluding carboxylic acids is 1. The highest BCUT2D eigenvalue weighted by Crippen LogP contribution is 2.37. The Hall–Kier alpha value is -1.54. The van der Waals surface area contributed by atoms with E-state index in [1.807, 2.05) is 67.6 Å². The topological polar surface area (TPSA) is 17.1 Å². The monoisotopic (exact) mass is 256 g/mol. The molecule has 0 atom stereocenters. The first-order chi connectivity index (χ1) is 8.71. The Balaban J connectivity index is 2.65. The van der Waals surface area contributed by atoms with Crippen LogP contribution in [0.3, 0.4) is 0 Å². The van der Waals surface area contributed by atoms with Crippen LogP contribution >= 0.6 is 12.6 Å². The van der Waals surface area contributed by atoms with E-state index in [-0.39, 0.29) is 5.12 Å². The van der Waals surface area contributed by atoms with Crippen molar-refractivity contribution < 1.29 is 4.79 Å². The maximum absolute atomic E-state index is 12.2. The minimum atomic E-state index is -0.647. The Morgan fingerprint density at radius 3 is 1.61 bits per heavy atom. The molecule has 0 fully saturated rings. The van der Waals surface area contributed by atoms with Crippen molar-refractivity contribution in [3.63, 3.8) is 0 Å². The van der Waals surface area contributed by atoms with Gasteiger partial charge in [-0.1, -0.05) is 67.6 Å². The van der Waals surface area contributed by atoms with E-state index >= 15 is 0 Å². The largest absolute Gasteiger partial charge is 0.286 e. The first-order valence-corrected chi connectivity index (χ1v) is 6.51. The standard InChI is InChI=1S/C16H16OS/c1-2-16(15(17)18,13-9-5-3-6-10-13)14-11-7-4-8-12-14/h3-12H,2H2,1H3,(H,17,18). The number of carbonyl (C=O) groups is 1.